The summed E-state index contributed by atoms with van der Waals surface area (Å²) in [6.45, 7) is 3.10. The number of esters is 1. The maximum absolute atomic E-state index is 11.3. The number of hydrogen-bond donors (Lipinski definition) is 0. The van der Waals surface area contributed by atoms with Crippen LogP contribution < -0.4 is 0 Å². The molecule has 0 N–H and O–H groups in total. The van der Waals surface area contributed by atoms with Crippen LogP contribution in [0.1, 0.15) is 19.8 Å². The zero-order valence-electron chi connectivity index (χ0n) is 10.3. The van der Waals surface area contributed by atoms with Gasteiger partial charge in [-0.05, 0) is 14.0 Å². The van der Waals surface area contributed by atoms with Gasteiger partial charge < -0.3 is 4.74 Å². The Labute approximate surface area is 101 Å². The molecule has 1 heterocycles. The van der Waals surface area contributed by atoms with E-state index in [1.165, 1.54) is 4.90 Å². The molecule has 0 saturated carbocycles. The largest absolute Gasteiger partial charge is 0.465 e. The van der Waals surface area contributed by atoms with Gasteiger partial charge in [-0.1, -0.05) is 0 Å². The number of carbonyl (C=O) groups excluding carboxylic acids is 3. The molecule has 0 unspecified atom stereocenters. The van der Waals surface area contributed by atoms with Crippen LogP contribution in [-0.2, 0) is 19.1 Å². The van der Waals surface area contributed by atoms with Crippen LogP contribution in [0.4, 0.5) is 0 Å². The third-order valence-corrected chi connectivity index (χ3v) is 2.56. The number of likely N-dealkylation sites (N-methyl/N-ethyl adjacent to an activating group) is 1. The molecule has 1 saturated heterocycles. The summed E-state index contributed by atoms with van der Waals surface area (Å²) in [5.74, 6) is -0.548. The SMILES string of the molecule is CCOC(=O)CN(C)CCN1C(=O)CCC1=O. The average molecular weight is 242 g/mol. The second kappa shape index (κ2) is 6.34. The number of carbonyl (C=O) groups is 3. The molecule has 96 valence electrons. The normalized spacial score (nSPS) is 15.8. The first-order valence-electron chi connectivity index (χ1n) is 5.72. The minimum atomic E-state index is -0.297. The predicted octanol–water partition coefficient (Wildman–Crippen LogP) is -0.370. The minimum absolute atomic E-state index is 0.125. The first kappa shape index (κ1) is 13.6. The van der Waals surface area contributed by atoms with Crippen molar-refractivity contribution in [2.45, 2.75) is 19.8 Å². The minimum Gasteiger partial charge on any atom is -0.465 e. The Bertz CT molecular complexity index is 301. The molecule has 0 aromatic carbocycles. The summed E-state index contributed by atoms with van der Waals surface area (Å²) in [5.41, 5.74) is 0. The van der Waals surface area contributed by atoms with Gasteiger partial charge in [0.25, 0.3) is 0 Å². The molecular weight excluding hydrogens is 224 g/mol. The van der Waals surface area contributed by atoms with Crippen LogP contribution in [0.2, 0.25) is 0 Å². The van der Waals surface area contributed by atoms with Crippen molar-refractivity contribution in [3.63, 3.8) is 0 Å². The predicted molar refractivity (Wildman–Crippen MR) is 60.1 cm³/mol. The summed E-state index contributed by atoms with van der Waals surface area (Å²) in [7, 11) is 1.75. The van der Waals surface area contributed by atoms with Crippen LogP contribution in [-0.4, -0.2) is 60.9 Å². The molecule has 1 aliphatic rings. The number of imide groups is 1. The van der Waals surface area contributed by atoms with Gasteiger partial charge in [0.2, 0.25) is 11.8 Å². The molecule has 0 aromatic heterocycles. The van der Waals surface area contributed by atoms with Gasteiger partial charge >= 0.3 is 5.97 Å². The van der Waals surface area contributed by atoms with E-state index in [1.807, 2.05) is 0 Å². The third kappa shape index (κ3) is 4.14. The Hall–Kier alpha value is -1.43. The number of rotatable bonds is 6. The van der Waals surface area contributed by atoms with Gasteiger partial charge in [-0.15, -0.1) is 0 Å². The molecule has 0 radical (unpaired) electrons. The molecule has 1 aliphatic heterocycles. The lowest BCUT2D eigenvalue weighted by molar-refractivity contribution is -0.144. The van der Waals surface area contributed by atoms with Gasteiger partial charge in [-0.3, -0.25) is 24.2 Å². The fourth-order valence-electron chi connectivity index (χ4n) is 1.65. The van der Waals surface area contributed by atoms with E-state index in [4.69, 9.17) is 4.74 Å². The van der Waals surface area contributed by atoms with Crippen LogP contribution in [0.3, 0.4) is 0 Å². The van der Waals surface area contributed by atoms with Crippen LogP contribution >= 0.6 is 0 Å². The van der Waals surface area contributed by atoms with E-state index < -0.39 is 0 Å². The van der Waals surface area contributed by atoms with E-state index in [2.05, 4.69) is 0 Å². The van der Waals surface area contributed by atoms with E-state index in [1.54, 1.807) is 18.9 Å². The second-order valence-electron chi connectivity index (χ2n) is 3.98. The van der Waals surface area contributed by atoms with Crippen molar-refractivity contribution in [1.29, 1.82) is 0 Å². The summed E-state index contributed by atoms with van der Waals surface area (Å²) in [6, 6.07) is 0. The Morgan fingerprint density at radius 1 is 1.35 bits per heavy atom. The number of ether oxygens (including phenoxy) is 1. The summed E-state index contributed by atoms with van der Waals surface area (Å²) in [6.07, 6.45) is 0.612. The molecule has 6 heteroatoms. The zero-order valence-corrected chi connectivity index (χ0v) is 10.3. The fraction of sp³-hybridized carbons (Fsp3) is 0.727. The maximum Gasteiger partial charge on any atom is 0.320 e. The van der Waals surface area contributed by atoms with Crippen molar-refractivity contribution in [2.24, 2.45) is 0 Å². The Morgan fingerprint density at radius 3 is 2.47 bits per heavy atom. The van der Waals surface area contributed by atoms with Gasteiger partial charge in [-0.25, -0.2) is 0 Å². The highest BCUT2D eigenvalue weighted by molar-refractivity contribution is 6.01. The molecule has 1 rings (SSSR count). The molecule has 0 spiro atoms. The first-order valence-corrected chi connectivity index (χ1v) is 5.72. The highest BCUT2D eigenvalue weighted by Gasteiger charge is 2.28. The number of amides is 2. The van der Waals surface area contributed by atoms with E-state index >= 15 is 0 Å². The van der Waals surface area contributed by atoms with Crippen LogP contribution in [0, 0.1) is 0 Å². The van der Waals surface area contributed by atoms with Gasteiger partial charge in [0.05, 0.1) is 13.2 Å². The Morgan fingerprint density at radius 2 is 1.94 bits per heavy atom. The van der Waals surface area contributed by atoms with Crippen molar-refractivity contribution < 1.29 is 19.1 Å². The van der Waals surface area contributed by atoms with Crippen molar-refractivity contribution in [1.82, 2.24) is 9.80 Å². The maximum atomic E-state index is 11.3. The monoisotopic (exact) mass is 242 g/mol. The lowest BCUT2D eigenvalue weighted by atomic mass is 10.4. The Kier molecular flexibility index (Phi) is 5.09. The van der Waals surface area contributed by atoms with E-state index in [-0.39, 0.29) is 24.3 Å². The van der Waals surface area contributed by atoms with Crippen molar-refractivity contribution in [2.75, 3.05) is 33.3 Å². The van der Waals surface area contributed by atoms with E-state index in [0.29, 0.717) is 32.5 Å². The summed E-state index contributed by atoms with van der Waals surface area (Å²) < 4.78 is 4.80. The summed E-state index contributed by atoms with van der Waals surface area (Å²) in [4.78, 5) is 36.8. The van der Waals surface area contributed by atoms with Crippen LogP contribution in [0.5, 0.6) is 0 Å². The smallest absolute Gasteiger partial charge is 0.320 e. The average Bonchev–Trinajstić information content (AvgIpc) is 2.56. The number of likely N-dealkylation sites (tertiary alicyclic amines) is 1. The topological polar surface area (TPSA) is 66.9 Å². The standard InChI is InChI=1S/C11H18N2O4/c1-3-17-11(16)8-12(2)6-7-13-9(14)4-5-10(13)15/h3-8H2,1-2H3. The summed E-state index contributed by atoms with van der Waals surface area (Å²) in [5, 5.41) is 0. The van der Waals surface area contributed by atoms with Crippen LogP contribution in [0.25, 0.3) is 0 Å². The lowest BCUT2D eigenvalue weighted by Gasteiger charge is -2.19. The molecule has 0 bridgehead atoms. The first-order chi connectivity index (χ1) is 8.04. The number of hydrogen-bond acceptors (Lipinski definition) is 5. The molecule has 2 amide bonds. The second-order valence-corrected chi connectivity index (χ2v) is 3.98. The zero-order chi connectivity index (χ0) is 12.8. The van der Waals surface area contributed by atoms with E-state index in [0.717, 1.165) is 0 Å². The van der Waals surface area contributed by atoms with Crippen molar-refractivity contribution >= 4 is 17.8 Å². The van der Waals surface area contributed by atoms with Crippen LogP contribution in [0.15, 0.2) is 0 Å². The quantitative estimate of drug-likeness (QED) is 0.469. The molecule has 0 aromatic rings. The van der Waals surface area contributed by atoms with Gasteiger partial charge in [0, 0.05) is 25.9 Å². The lowest BCUT2D eigenvalue weighted by Crippen LogP contribution is -2.38. The molecule has 1 fully saturated rings. The van der Waals surface area contributed by atoms with Gasteiger partial charge in [0.1, 0.15) is 0 Å². The van der Waals surface area contributed by atoms with Crippen molar-refractivity contribution in [3.8, 4) is 0 Å². The highest BCUT2D eigenvalue weighted by Crippen LogP contribution is 2.10. The summed E-state index contributed by atoms with van der Waals surface area (Å²) >= 11 is 0. The van der Waals surface area contributed by atoms with E-state index in [9.17, 15) is 14.4 Å². The molecule has 0 atom stereocenters. The molecule has 0 aliphatic carbocycles. The van der Waals surface area contributed by atoms with Crippen molar-refractivity contribution in [3.05, 3.63) is 0 Å². The molecular formula is C11H18N2O4. The fourth-order valence-corrected chi connectivity index (χ4v) is 1.65. The number of nitrogens with zero attached hydrogens (tertiary/aromatic N) is 2. The van der Waals surface area contributed by atoms with Gasteiger partial charge in [-0.2, -0.15) is 0 Å². The Balaban J connectivity index is 2.28. The highest BCUT2D eigenvalue weighted by atomic mass is 16.5. The molecule has 6 nitrogen and oxygen atoms in total. The third-order valence-electron chi connectivity index (χ3n) is 2.56. The van der Waals surface area contributed by atoms with Gasteiger partial charge in [0.15, 0.2) is 0 Å². The molecule has 17 heavy (non-hydrogen) atoms.